The summed E-state index contributed by atoms with van der Waals surface area (Å²) in [5.74, 6) is 0.458. The molecule has 2 rings (SSSR count). The third-order valence-corrected chi connectivity index (χ3v) is 2.50. The van der Waals surface area contributed by atoms with Crippen molar-refractivity contribution in [2.75, 3.05) is 0 Å². The average molecular weight is 159 g/mol. The number of rotatable bonds is 0. The number of nitrogens with two attached hydrogens (primary N) is 1. The molecule has 0 saturated carbocycles. The second-order valence-electron chi connectivity index (χ2n) is 3.37. The van der Waals surface area contributed by atoms with Gasteiger partial charge in [-0.1, -0.05) is 43.3 Å². The maximum Gasteiger partial charge on any atom is 0.0361 e. The van der Waals surface area contributed by atoms with Gasteiger partial charge in [-0.05, 0) is 17.0 Å². The standard InChI is InChI=1S/C11H13N/c1-8-6-7-9-4-2-3-5-10(9)11(8)12/h2-8,11H,12H2,1H3. The SMILES string of the molecule is CC1C=Cc2ccccc2C1N. The van der Waals surface area contributed by atoms with E-state index in [9.17, 15) is 0 Å². The molecule has 0 bridgehead atoms. The van der Waals surface area contributed by atoms with Crippen molar-refractivity contribution in [3.05, 3.63) is 41.5 Å². The van der Waals surface area contributed by atoms with E-state index in [0.717, 1.165) is 0 Å². The number of hydrogen-bond acceptors (Lipinski definition) is 1. The van der Waals surface area contributed by atoms with Gasteiger partial charge in [0.2, 0.25) is 0 Å². The van der Waals surface area contributed by atoms with E-state index in [-0.39, 0.29) is 6.04 Å². The fourth-order valence-corrected chi connectivity index (χ4v) is 1.62. The fourth-order valence-electron chi connectivity index (χ4n) is 1.62. The molecule has 1 aliphatic rings. The average Bonchev–Trinajstić information content (AvgIpc) is 2.12. The maximum absolute atomic E-state index is 6.04. The zero-order chi connectivity index (χ0) is 8.55. The number of fused-ring (bicyclic) bond motifs is 1. The van der Waals surface area contributed by atoms with E-state index in [0.29, 0.717) is 5.92 Å². The monoisotopic (exact) mass is 159 g/mol. The minimum atomic E-state index is 0.172. The lowest BCUT2D eigenvalue weighted by Crippen LogP contribution is -2.20. The Morgan fingerprint density at radius 3 is 2.83 bits per heavy atom. The Labute approximate surface area is 72.9 Å². The van der Waals surface area contributed by atoms with Crippen LogP contribution in [-0.2, 0) is 0 Å². The zero-order valence-corrected chi connectivity index (χ0v) is 7.20. The van der Waals surface area contributed by atoms with Crippen LogP contribution in [0.15, 0.2) is 30.3 Å². The van der Waals surface area contributed by atoms with Crippen LogP contribution in [0.1, 0.15) is 24.1 Å². The first-order chi connectivity index (χ1) is 5.79. The summed E-state index contributed by atoms with van der Waals surface area (Å²) in [6, 6.07) is 8.49. The minimum Gasteiger partial charge on any atom is -0.323 e. The second-order valence-corrected chi connectivity index (χ2v) is 3.37. The van der Waals surface area contributed by atoms with Crippen molar-refractivity contribution in [3.8, 4) is 0 Å². The molecule has 1 heteroatoms. The number of hydrogen-bond donors (Lipinski definition) is 1. The van der Waals surface area contributed by atoms with Crippen LogP contribution < -0.4 is 5.73 Å². The third kappa shape index (κ3) is 1.07. The highest BCUT2D eigenvalue weighted by Gasteiger charge is 2.17. The third-order valence-electron chi connectivity index (χ3n) is 2.50. The highest BCUT2D eigenvalue weighted by Crippen LogP contribution is 2.29. The molecule has 12 heavy (non-hydrogen) atoms. The van der Waals surface area contributed by atoms with Crippen LogP contribution >= 0.6 is 0 Å². The Morgan fingerprint density at radius 2 is 2.00 bits per heavy atom. The molecule has 1 aromatic rings. The van der Waals surface area contributed by atoms with Crippen LogP contribution in [0.5, 0.6) is 0 Å². The zero-order valence-electron chi connectivity index (χ0n) is 7.20. The summed E-state index contributed by atoms with van der Waals surface area (Å²) < 4.78 is 0. The molecule has 2 atom stereocenters. The van der Waals surface area contributed by atoms with E-state index < -0.39 is 0 Å². The molecule has 1 nitrogen and oxygen atoms in total. The van der Waals surface area contributed by atoms with Gasteiger partial charge in [-0.3, -0.25) is 0 Å². The van der Waals surface area contributed by atoms with Crippen molar-refractivity contribution >= 4 is 6.08 Å². The van der Waals surface area contributed by atoms with Crippen molar-refractivity contribution in [1.82, 2.24) is 0 Å². The topological polar surface area (TPSA) is 26.0 Å². The highest BCUT2D eigenvalue weighted by molar-refractivity contribution is 5.57. The smallest absolute Gasteiger partial charge is 0.0361 e. The molecule has 0 radical (unpaired) electrons. The van der Waals surface area contributed by atoms with Crippen molar-refractivity contribution in [2.24, 2.45) is 11.7 Å². The van der Waals surface area contributed by atoms with E-state index >= 15 is 0 Å². The van der Waals surface area contributed by atoms with Gasteiger partial charge >= 0.3 is 0 Å². The van der Waals surface area contributed by atoms with Crippen molar-refractivity contribution in [2.45, 2.75) is 13.0 Å². The van der Waals surface area contributed by atoms with Crippen LogP contribution in [-0.4, -0.2) is 0 Å². The fraction of sp³-hybridized carbons (Fsp3) is 0.273. The molecule has 0 amide bonds. The Balaban J connectivity index is 2.52. The molecule has 0 aromatic heterocycles. The first kappa shape index (κ1) is 7.56. The summed E-state index contributed by atoms with van der Waals surface area (Å²) in [6.07, 6.45) is 4.33. The lowest BCUT2D eigenvalue weighted by Gasteiger charge is -2.23. The molecule has 0 aliphatic heterocycles. The van der Waals surface area contributed by atoms with Crippen LogP contribution in [0.25, 0.3) is 6.08 Å². The van der Waals surface area contributed by atoms with Gasteiger partial charge in [0, 0.05) is 6.04 Å². The lowest BCUT2D eigenvalue weighted by molar-refractivity contribution is 0.561. The van der Waals surface area contributed by atoms with Crippen LogP contribution in [0.3, 0.4) is 0 Å². The molecule has 2 N–H and O–H groups in total. The van der Waals surface area contributed by atoms with Gasteiger partial charge in [-0.25, -0.2) is 0 Å². The van der Waals surface area contributed by atoms with Gasteiger partial charge in [0.15, 0.2) is 0 Å². The summed E-state index contributed by atoms with van der Waals surface area (Å²) in [5.41, 5.74) is 8.58. The molecule has 0 fully saturated rings. The predicted octanol–water partition coefficient (Wildman–Crippen LogP) is 2.35. The Bertz CT molecular complexity index is 315. The Hall–Kier alpha value is -1.08. The quantitative estimate of drug-likeness (QED) is 0.617. The summed E-state index contributed by atoms with van der Waals surface area (Å²) in [4.78, 5) is 0. The van der Waals surface area contributed by atoms with E-state index in [1.807, 2.05) is 12.1 Å². The van der Waals surface area contributed by atoms with Crippen LogP contribution in [0.2, 0.25) is 0 Å². The van der Waals surface area contributed by atoms with E-state index in [1.165, 1.54) is 11.1 Å². The van der Waals surface area contributed by atoms with E-state index in [4.69, 9.17) is 5.73 Å². The molecule has 62 valence electrons. The summed E-state index contributed by atoms with van der Waals surface area (Å²) in [7, 11) is 0. The van der Waals surface area contributed by atoms with Crippen LogP contribution in [0.4, 0.5) is 0 Å². The molecule has 1 aliphatic carbocycles. The van der Waals surface area contributed by atoms with Gasteiger partial charge in [0.25, 0.3) is 0 Å². The Morgan fingerprint density at radius 1 is 1.25 bits per heavy atom. The van der Waals surface area contributed by atoms with Crippen molar-refractivity contribution < 1.29 is 0 Å². The van der Waals surface area contributed by atoms with E-state index in [1.54, 1.807) is 0 Å². The maximum atomic E-state index is 6.04. The van der Waals surface area contributed by atoms with Crippen LogP contribution in [0, 0.1) is 5.92 Å². The molecule has 0 saturated heterocycles. The van der Waals surface area contributed by atoms with Crippen molar-refractivity contribution in [3.63, 3.8) is 0 Å². The predicted molar refractivity (Wildman–Crippen MR) is 51.6 cm³/mol. The molecular formula is C11H13N. The molecular weight excluding hydrogens is 146 g/mol. The van der Waals surface area contributed by atoms with Gasteiger partial charge in [-0.15, -0.1) is 0 Å². The largest absolute Gasteiger partial charge is 0.323 e. The van der Waals surface area contributed by atoms with E-state index in [2.05, 4.69) is 31.2 Å². The first-order valence-corrected chi connectivity index (χ1v) is 4.32. The van der Waals surface area contributed by atoms with Gasteiger partial charge in [0.05, 0.1) is 0 Å². The lowest BCUT2D eigenvalue weighted by atomic mass is 9.87. The molecule has 0 heterocycles. The molecule has 2 unspecified atom stereocenters. The van der Waals surface area contributed by atoms with Gasteiger partial charge in [0.1, 0.15) is 0 Å². The molecule has 1 aromatic carbocycles. The van der Waals surface area contributed by atoms with Crippen molar-refractivity contribution in [1.29, 1.82) is 0 Å². The summed E-state index contributed by atoms with van der Waals surface area (Å²) in [6.45, 7) is 2.15. The first-order valence-electron chi connectivity index (χ1n) is 4.32. The highest BCUT2D eigenvalue weighted by atomic mass is 14.6. The van der Waals surface area contributed by atoms with Gasteiger partial charge < -0.3 is 5.73 Å². The summed E-state index contributed by atoms with van der Waals surface area (Å²) in [5, 5.41) is 0. The Kier molecular flexibility index (Phi) is 1.74. The number of benzene rings is 1. The molecule has 0 spiro atoms. The normalized spacial score (nSPS) is 26.8. The van der Waals surface area contributed by atoms with Gasteiger partial charge in [-0.2, -0.15) is 0 Å². The minimum absolute atomic E-state index is 0.172. The summed E-state index contributed by atoms with van der Waals surface area (Å²) >= 11 is 0. The second kappa shape index (κ2) is 2.76.